The quantitative estimate of drug-likeness (QED) is 0.267. The van der Waals surface area contributed by atoms with Crippen LogP contribution in [0.25, 0.3) is 32.3 Å². The summed E-state index contributed by atoms with van der Waals surface area (Å²) in [5.74, 6) is 0. The second-order valence-corrected chi connectivity index (χ2v) is 7.74. The second kappa shape index (κ2) is 7.21. The van der Waals surface area contributed by atoms with Crippen molar-refractivity contribution in [3.63, 3.8) is 0 Å². The van der Waals surface area contributed by atoms with E-state index in [1.165, 1.54) is 12.1 Å². The number of aromatic nitrogens is 2. The Labute approximate surface area is 176 Å². The zero-order chi connectivity index (χ0) is 21.6. The Morgan fingerprint density at radius 1 is 0.903 bits per heavy atom. The Morgan fingerprint density at radius 3 is 2.58 bits per heavy atom. The molecule has 154 valence electrons. The van der Waals surface area contributed by atoms with E-state index < -0.39 is 17.4 Å². The molecule has 0 aliphatic carbocycles. The normalized spacial score (nSPS) is 11.8. The van der Waals surface area contributed by atoms with Crippen molar-refractivity contribution in [1.82, 2.24) is 10.2 Å². The molecule has 0 radical (unpaired) electrons. The molecule has 31 heavy (non-hydrogen) atoms. The average molecular weight is 439 g/mol. The number of benzene rings is 3. The average Bonchev–Trinajstić information content (AvgIpc) is 3.21. The van der Waals surface area contributed by atoms with Crippen molar-refractivity contribution >= 4 is 43.9 Å². The molecular weight excluding hydrogens is 427 g/mol. The number of anilines is 2. The van der Waals surface area contributed by atoms with E-state index in [9.17, 15) is 18.0 Å². The first-order valence-corrected chi connectivity index (χ1v) is 9.94. The summed E-state index contributed by atoms with van der Waals surface area (Å²) in [6.07, 6.45) is -4.45. The molecule has 0 spiro atoms. The maximum Gasteiger partial charge on any atom is 0.416 e. The van der Waals surface area contributed by atoms with Crippen LogP contribution in [0.15, 0.2) is 75.9 Å². The molecular formula is C22H12F3N3O2S. The van der Waals surface area contributed by atoms with Crippen LogP contribution in [0, 0.1) is 0 Å². The van der Waals surface area contributed by atoms with Gasteiger partial charge in [0.15, 0.2) is 5.01 Å². The zero-order valence-electron chi connectivity index (χ0n) is 15.6. The molecule has 3 aromatic carbocycles. The van der Waals surface area contributed by atoms with Crippen molar-refractivity contribution in [2.45, 2.75) is 6.18 Å². The highest BCUT2D eigenvalue weighted by atomic mass is 32.1. The zero-order valence-corrected chi connectivity index (χ0v) is 16.4. The molecule has 2 aromatic heterocycles. The van der Waals surface area contributed by atoms with Gasteiger partial charge in [-0.25, -0.2) is 4.79 Å². The lowest BCUT2D eigenvalue weighted by Gasteiger charge is -2.08. The summed E-state index contributed by atoms with van der Waals surface area (Å²) in [7, 11) is 0. The SMILES string of the molecule is O=c1oc2ccc3ccccc3c2cc1-c1nnc(Nc2cccc(C(F)(F)F)c2)s1. The maximum atomic E-state index is 12.9. The Balaban J connectivity index is 1.53. The summed E-state index contributed by atoms with van der Waals surface area (Å²) in [5, 5.41) is 14.0. The fourth-order valence-electron chi connectivity index (χ4n) is 3.30. The molecule has 5 aromatic rings. The highest BCUT2D eigenvalue weighted by Gasteiger charge is 2.30. The Kier molecular flexibility index (Phi) is 4.48. The van der Waals surface area contributed by atoms with Gasteiger partial charge in [-0.2, -0.15) is 13.2 Å². The topological polar surface area (TPSA) is 68.0 Å². The molecule has 2 heterocycles. The van der Waals surface area contributed by atoms with E-state index in [0.29, 0.717) is 10.6 Å². The summed E-state index contributed by atoms with van der Waals surface area (Å²) in [6, 6.07) is 17.8. The first-order chi connectivity index (χ1) is 14.9. The van der Waals surface area contributed by atoms with Crippen molar-refractivity contribution in [3.05, 3.63) is 82.7 Å². The second-order valence-electron chi connectivity index (χ2n) is 6.76. The van der Waals surface area contributed by atoms with Gasteiger partial charge in [0.05, 0.1) is 11.1 Å². The van der Waals surface area contributed by atoms with E-state index in [-0.39, 0.29) is 16.4 Å². The highest BCUT2D eigenvalue weighted by Crippen LogP contribution is 2.33. The van der Waals surface area contributed by atoms with Gasteiger partial charge in [-0.1, -0.05) is 47.7 Å². The van der Waals surface area contributed by atoms with Crippen molar-refractivity contribution < 1.29 is 17.6 Å². The van der Waals surface area contributed by atoms with Gasteiger partial charge in [0.1, 0.15) is 5.58 Å². The molecule has 0 bridgehead atoms. The van der Waals surface area contributed by atoms with Crippen molar-refractivity contribution in [3.8, 4) is 10.6 Å². The molecule has 0 aliphatic heterocycles. The maximum absolute atomic E-state index is 12.9. The van der Waals surface area contributed by atoms with E-state index in [1.807, 2.05) is 30.3 Å². The van der Waals surface area contributed by atoms with E-state index in [4.69, 9.17) is 4.42 Å². The van der Waals surface area contributed by atoms with Gasteiger partial charge < -0.3 is 9.73 Å². The predicted molar refractivity (Wildman–Crippen MR) is 114 cm³/mol. The van der Waals surface area contributed by atoms with Gasteiger partial charge >= 0.3 is 11.8 Å². The van der Waals surface area contributed by atoms with Gasteiger partial charge in [0.25, 0.3) is 0 Å². The van der Waals surface area contributed by atoms with Gasteiger partial charge in [0, 0.05) is 11.1 Å². The smallest absolute Gasteiger partial charge is 0.416 e. The molecule has 1 N–H and O–H groups in total. The molecule has 0 aliphatic rings. The molecule has 9 heteroatoms. The summed E-state index contributed by atoms with van der Waals surface area (Å²) in [4.78, 5) is 12.5. The van der Waals surface area contributed by atoms with E-state index in [1.54, 1.807) is 12.1 Å². The Bertz CT molecular complexity index is 1490. The van der Waals surface area contributed by atoms with Crippen LogP contribution in [0.2, 0.25) is 0 Å². The lowest BCUT2D eigenvalue weighted by atomic mass is 10.0. The number of fused-ring (bicyclic) bond motifs is 3. The lowest BCUT2D eigenvalue weighted by Crippen LogP contribution is -2.05. The monoisotopic (exact) mass is 439 g/mol. The number of hydrogen-bond donors (Lipinski definition) is 1. The van der Waals surface area contributed by atoms with Gasteiger partial charge in [-0.3, -0.25) is 0 Å². The number of nitrogens with zero attached hydrogens (tertiary/aromatic N) is 2. The van der Waals surface area contributed by atoms with Crippen LogP contribution in [0.3, 0.4) is 0 Å². The number of nitrogens with one attached hydrogen (secondary N) is 1. The summed E-state index contributed by atoms with van der Waals surface area (Å²) < 4.78 is 44.2. The van der Waals surface area contributed by atoms with Crippen LogP contribution in [-0.2, 0) is 6.18 Å². The minimum atomic E-state index is -4.45. The molecule has 0 amide bonds. The minimum absolute atomic E-state index is 0.217. The van der Waals surface area contributed by atoms with Gasteiger partial charge in [-0.05, 0) is 41.1 Å². The van der Waals surface area contributed by atoms with Crippen LogP contribution in [0.1, 0.15) is 5.56 Å². The highest BCUT2D eigenvalue weighted by molar-refractivity contribution is 7.18. The fourth-order valence-corrected chi connectivity index (χ4v) is 4.07. The number of hydrogen-bond acceptors (Lipinski definition) is 6. The van der Waals surface area contributed by atoms with E-state index >= 15 is 0 Å². The standard InChI is InChI=1S/C22H12F3N3O2S/c23-22(24,25)13-5-3-6-14(10-13)26-21-28-27-19(31-21)17-11-16-15-7-2-1-4-12(15)8-9-18(16)30-20(17)29/h1-11H,(H,26,28). The minimum Gasteiger partial charge on any atom is -0.422 e. The predicted octanol–water partition coefficient (Wildman–Crippen LogP) is 6.23. The van der Waals surface area contributed by atoms with E-state index in [2.05, 4.69) is 15.5 Å². The fraction of sp³-hybridized carbons (Fsp3) is 0.0455. The number of halogens is 3. The van der Waals surface area contributed by atoms with Crippen LogP contribution in [-0.4, -0.2) is 10.2 Å². The third-order valence-electron chi connectivity index (χ3n) is 4.74. The lowest BCUT2D eigenvalue weighted by molar-refractivity contribution is -0.137. The third-order valence-corrected chi connectivity index (χ3v) is 5.61. The van der Waals surface area contributed by atoms with Gasteiger partial charge in [0.2, 0.25) is 5.13 Å². The van der Waals surface area contributed by atoms with Crippen molar-refractivity contribution in [1.29, 1.82) is 0 Å². The number of rotatable bonds is 3. The van der Waals surface area contributed by atoms with Crippen LogP contribution >= 0.6 is 11.3 Å². The molecule has 5 nitrogen and oxygen atoms in total. The summed E-state index contributed by atoms with van der Waals surface area (Å²) >= 11 is 1.05. The first-order valence-electron chi connectivity index (χ1n) is 9.12. The van der Waals surface area contributed by atoms with Crippen LogP contribution in [0.5, 0.6) is 0 Å². The van der Waals surface area contributed by atoms with Crippen molar-refractivity contribution in [2.24, 2.45) is 0 Å². The summed E-state index contributed by atoms with van der Waals surface area (Å²) in [6.45, 7) is 0. The molecule has 5 rings (SSSR count). The largest absolute Gasteiger partial charge is 0.422 e. The van der Waals surface area contributed by atoms with Gasteiger partial charge in [-0.15, -0.1) is 10.2 Å². The Hall–Kier alpha value is -3.72. The van der Waals surface area contributed by atoms with Crippen LogP contribution in [0.4, 0.5) is 24.0 Å². The first kappa shape index (κ1) is 19.3. The molecule has 0 unspecified atom stereocenters. The number of alkyl halides is 3. The van der Waals surface area contributed by atoms with E-state index in [0.717, 1.165) is 39.6 Å². The summed E-state index contributed by atoms with van der Waals surface area (Å²) in [5.41, 5.74) is -0.430. The molecule has 0 atom stereocenters. The van der Waals surface area contributed by atoms with Crippen LogP contribution < -0.4 is 10.9 Å². The molecule has 0 saturated carbocycles. The molecule has 0 saturated heterocycles. The third kappa shape index (κ3) is 3.64. The van der Waals surface area contributed by atoms with Crippen molar-refractivity contribution in [2.75, 3.05) is 5.32 Å². The molecule has 0 fully saturated rings. The Morgan fingerprint density at radius 2 is 1.74 bits per heavy atom.